The number of sulfonamides is 1. The zero-order valence-electron chi connectivity index (χ0n) is 17.4. The number of para-hydroxylation sites is 1. The highest BCUT2D eigenvalue weighted by atomic mass is 32.2. The lowest BCUT2D eigenvalue weighted by atomic mass is 9.64. The van der Waals surface area contributed by atoms with Crippen LogP contribution >= 0.6 is 0 Å². The Kier molecular flexibility index (Phi) is 4.50. The molecule has 0 N–H and O–H groups in total. The van der Waals surface area contributed by atoms with Crippen LogP contribution in [0.1, 0.15) is 40.2 Å². The van der Waals surface area contributed by atoms with Gasteiger partial charge in [0.2, 0.25) is 10.0 Å². The fourth-order valence-corrected chi connectivity index (χ4v) is 6.64. The van der Waals surface area contributed by atoms with Gasteiger partial charge in [0.15, 0.2) is 0 Å². The number of rotatable bonds is 2. The van der Waals surface area contributed by atoms with Gasteiger partial charge < -0.3 is 9.64 Å². The van der Waals surface area contributed by atoms with Gasteiger partial charge >= 0.3 is 5.97 Å². The molecule has 2 aromatic carbocycles. The third kappa shape index (κ3) is 2.78. The third-order valence-corrected chi connectivity index (χ3v) is 8.45. The number of fused-ring (bicyclic) bond motifs is 6. The van der Waals surface area contributed by atoms with Gasteiger partial charge in [-0.25, -0.2) is 12.7 Å². The third-order valence-electron chi connectivity index (χ3n) is 7.14. The lowest BCUT2D eigenvalue weighted by Gasteiger charge is -2.48. The predicted octanol–water partition coefficient (Wildman–Crippen LogP) is 2.28. The highest BCUT2D eigenvalue weighted by Crippen LogP contribution is 2.57. The SMILES string of the molecule is COC(=O)C1c2ccccc2C(=O)N2c3ccccc3C3(CCN(S(C)(=O)=O)CC3)C12. The Hall–Kier alpha value is -2.71. The number of ether oxygens (including phenoxy) is 1. The Balaban J connectivity index is 1.72. The van der Waals surface area contributed by atoms with E-state index in [1.54, 1.807) is 17.0 Å². The fourth-order valence-electron chi connectivity index (χ4n) is 5.79. The van der Waals surface area contributed by atoms with Crippen LogP contribution in [0.4, 0.5) is 5.69 Å². The van der Waals surface area contributed by atoms with E-state index in [9.17, 15) is 18.0 Å². The molecule has 2 atom stereocenters. The number of esters is 1. The number of amides is 1. The van der Waals surface area contributed by atoms with E-state index in [0.29, 0.717) is 37.1 Å². The first-order valence-corrected chi connectivity index (χ1v) is 12.2. The molecule has 3 aliphatic heterocycles. The molecule has 1 amide bonds. The number of hydrogen-bond acceptors (Lipinski definition) is 5. The van der Waals surface area contributed by atoms with Gasteiger partial charge in [-0.05, 0) is 36.1 Å². The summed E-state index contributed by atoms with van der Waals surface area (Å²) in [6.07, 6.45) is 2.28. The lowest BCUT2D eigenvalue weighted by molar-refractivity contribution is -0.143. The van der Waals surface area contributed by atoms with Gasteiger partial charge in [-0.3, -0.25) is 9.59 Å². The van der Waals surface area contributed by atoms with Gasteiger partial charge in [0.25, 0.3) is 5.91 Å². The van der Waals surface area contributed by atoms with Crippen LogP contribution in [0, 0.1) is 0 Å². The van der Waals surface area contributed by atoms with Crippen molar-refractivity contribution in [2.45, 2.75) is 30.2 Å². The Morgan fingerprint density at radius 1 is 1.06 bits per heavy atom. The molecule has 0 aromatic heterocycles. The molecule has 0 radical (unpaired) electrons. The topological polar surface area (TPSA) is 84.0 Å². The summed E-state index contributed by atoms with van der Waals surface area (Å²) < 4.78 is 31.0. The molecule has 0 bridgehead atoms. The summed E-state index contributed by atoms with van der Waals surface area (Å²) in [5, 5.41) is 0. The molecule has 1 saturated heterocycles. The number of carbonyl (C=O) groups excluding carboxylic acids is 2. The monoisotopic (exact) mass is 440 g/mol. The lowest BCUT2D eigenvalue weighted by Crippen LogP contribution is -2.59. The Morgan fingerprint density at radius 3 is 2.39 bits per heavy atom. The van der Waals surface area contributed by atoms with Crippen molar-refractivity contribution in [3.05, 3.63) is 65.2 Å². The molecule has 7 nitrogen and oxygen atoms in total. The van der Waals surface area contributed by atoms with Crippen LogP contribution in [0.3, 0.4) is 0 Å². The van der Waals surface area contributed by atoms with Crippen LogP contribution in [0.5, 0.6) is 0 Å². The summed E-state index contributed by atoms with van der Waals surface area (Å²) in [5.74, 6) is -1.15. The molecule has 0 saturated carbocycles. The number of piperidine rings is 1. The zero-order chi connectivity index (χ0) is 22.0. The maximum atomic E-state index is 13.6. The largest absolute Gasteiger partial charge is 0.468 e. The summed E-state index contributed by atoms with van der Waals surface area (Å²) >= 11 is 0. The molecule has 162 valence electrons. The second-order valence-electron chi connectivity index (χ2n) is 8.54. The smallest absolute Gasteiger partial charge is 0.315 e. The van der Waals surface area contributed by atoms with E-state index in [2.05, 4.69) is 0 Å². The van der Waals surface area contributed by atoms with Crippen molar-refractivity contribution < 1.29 is 22.7 Å². The molecule has 1 spiro atoms. The van der Waals surface area contributed by atoms with Crippen LogP contribution in [0.15, 0.2) is 48.5 Å². The first-order chi connectivity index (χ1) is 14.8. The summed E-state index contributed by atoms with van der Waals surface area (Å²) in [6.45, 7) is 0.697. The Bertz CT molecular complexity index is 1180. The predicted molar refractivity (Wildman–Crippen MR) is 116 cm³/mol. The van der Waals surface area contributed by atoms with E-state index in [4.69, 9.17) is 4.74 Å². The van der Waals surface area contributed by atoms with Crippen LogP contribution < -0.4 is 4.90 Å². The minimum absolute atomic E-state index is 0.129. The number of nitrogens with zero attached hydrogens (tertiary/aromatic N) is 2. The maximum absolute atomic E-state index is 13.6. The van der Waals surface area contributed by atoms with Crippen molar-refractivity contribution >= 4 is 27.6 Å². The zero-order valence-corrected chi connectivity index (χ0v) is 18.3. The highest BCUT2D eigenvalue weighted by Gasteiger charge is 2.61. The molecule has 2 aromatic rings. The van der Waals surface area contributed by atoms with Crippen molar-refractivity contribution in [2.24, 2.45) is 0 Å². The Morgan fingerprint density at radius 2 is 1.71 bits per heavy atom. The summed E-state index contributed by atoms with van der Waals surface area (Å²) in [7, 11) is -1.94. The molecule has 2 unspecified atom stereocenters. The van der Waals surface area contributed by atoms with E-state index in [1.165, 1.54) is 17.7 Å². The summed E-state index contributed by atoms with van der Waals surface area (Å²) in [4.78, 5) is 28.5. The van der Waals surface area contributed by atoms with Crippen molar-refractivity contribution in [3.8, 4) is 0 Å². The van der Waals surface area contributed by atoms with Crippen LogP contribution in [-0.2, 0) is 25.0 Å². The quantitative estimate of drug-likeness (QED) is 0.669. The van der Waals surface area contributed by atoms with Crippen molar-refractivity contribution in [3.63, 3.8) is 0 Å². The van der Waals surface area contributed by atoms with Gasteiger partial charge in [-0.1, -0.05) is 36.4 Å². The molecule has 31 heavy (non-hydrogen) atoms. The van der Waals surface area contributed by atoms with Crippen LogP contribution in [0.2, 0.25) is 0 Å². The van der Waals surface area contributed by atoms with Crippen molar-refractivity contribution in [1.29, 1.82) is 0 Å². The molecule has 3 aliphatic rings. The maximum Gasteiger partial charge on any atom is 0.315 e. The molecule has 8 heteroatoms. The van der Waals surface area contributed by atoms with E-state index in [-0.39, 0.29) is 11.9 Å². The van der Waals surface area contributed by atoms with Gasteiger partial charge in [-0.2, -0.15) is 0 Å². The normalized spacial score (nSPS) is 24.5. The standard InChI is InChI=1S/C23H24N2O5S/c1-30-22(27)19-15-7-3-4-8-16(15)21(26)25-18-10-6-5-9-17(18)23(20(19)25)11-13-24(14-12-23)31(2,28)29/h3-10,19-20H,11-14H2,1-2H3. The number of anilines is 1. The second kappa shape index (κ2) is 6.90. The van der Waals surface area contributed by atoms with Gasteiger partial charge in [-0.15, -0.1) is 0 Å². The van der Waals surface area contributed by atoms with Crippen LogP contribution in [-0.4, -0.2) is 57.1 Å². The molecular formula is C23H24N2O5S. The molecule has 3 heterocycles. The van der Waals surface area contributed by atoms with E-state index in [1.807, 2.05) is 36.4 Å². The first-order valence-electron chi connectivity index (χ1n) is 10.3. The van der Waals surface area contributed by atoms with Gasteiger partial charge in [0, 0.05) is 29.8 Å². The molecule has 5 rings (SSSR count). The molecular weight excluding hydrogens is 416 g/mol. The van der Waals surface area contributed by atoms with E-state index < -0.39 is 27.4 Å². The second-order valence-corrected chi connectivity index (χ2v) is 10.5. The average molecular weight is 441 g/mol. The highest BCUT2D eigenvalue weighted by molar-refractivity contribution is 7.88. The van der Waals surface area contributed by atoms with Crippen molar-refractivity contribution in [1.82, 2.24) is 4.31 Å². The minimum Gasteiger partial charge on any atom is -0.468 e. The molecule has 0 aliphatic carbocycles. The Labute approximate surface area is 181 Å². The van der Waals surface area contributed by atoms with Crippen molar-refractivity contribution in [2.75, 3.05) is 31.4 Å². The van der Waals surface area contributed by atoms with Gasteiger partial charge in [0.05, 0.1) is 19.4 Å². The number of hydrogen-bond donors (Lipinski definition) is 0. The molecule has 1 fully saturated rings. The summed E-state index contributed by atoms with van der Waals surface area (Å²) in [5.41, 5.74) is 2.46. The minimum atomic E-state index is -3.31. The average Bonchev–Trinajstić information content (AvgIpc) is 3.04. The number of methoxy groups -OCH3 is 1. The van der Waals surface area contributed by atoms with Crippen LogP contribution in [0.25, 0.3) is 0 Å². The van der Waals surface area contributed by atoms with Gasteiger partial charge in [0.1, 0.15) is 5.92 Å². The van der Waals surface area contributed by atoms with E-state index >= 15 is 0 Å². The fraction of sp³-hybridized carbons (Fsp3) is 0.391. The number of benzene rings is 2. The first kappa shape index (κ1) is 20.2. The summed E-state index contributed by atoms with van der Waals surface area (Å²) in [6, 6.07) is 14.5. The number of carbonyl (C=O) groups is 2. The van der Waals surface area contributed by atoms with E-state index in [0.717, 1.165) is 11.3 Å².